The summed E-state index contributed by atoms with van der Waals surface area (Å²) in [6.45, 7) is 1.29. The molecule has 0 atom stereocenters. The van der Waals surface area contributed by atoms with Gasteiger partial charge >= 0.3 is 5.63 Å². The highest BCUT2D eigenvalue weighted by atomic mass is 17.1. The van der Waals surface area contributed by atoms with E-state index >= 15 is 0 Å². The Balaban J connectivity index is 2.74. The number of carbonyl (C=O) groups is 1. The van der Waals surface area contributed by atoms with E-state index in [1.54, 1.807) is 6.07 Å². The van der Waals surface area contributed by atoms with Crippen LogP contribution in [0, 0.1) is 0 Å². The fraction of sp³-hybridized carbons (Fsp3) is 0.0909. The number of fused-ring (bicyclic) bond motifs is 1. The second-order valence-electron chi connectivity index (χ2n) is 3.29. The van der Waals surface area contributed by atoms with Gasteiger partial charge in [-0.25, -0.2) is 10.1 Å². The van der Waals surface area contributed by atoms with Gasteiger partial charge in [0.25, 0.3) is 0 Å². The highest BCUT2D eigenvalue weighted by Crippen LogP contribution is 2.20. The first-order valence-corrected chi connectivity index (χ1v) is 4.52. The second kappa shape index (κ2) is 3.79. The molecule has 0 saturated carbocycles. The first kappa shape index (κ1) is 10.4. The van der Waals surface area contributed by atoms with Crippen LogP contribution in [-0.2, 0) is 0 Å². The van der Waals surface area contributed by atoms with Crippen molar-refractivity contribution in [2.24, 2.45) is 0 Å². The average molecular weight is 220 g/mol. The summed E-state index contributed by atoms with van der Waals surface area (Å²) in [5.74, 6) is -0.190. The van der Waals surface area contributed by atoms with E-state index in [1.807, 2.05) is 0 Å². The van der Waals surface area contributed by atoms with Crippen molar-refractivity contribution in [3.8, 4) is 5.75 Å². The lowest BCUT2D eigenvalue weighted by Gasteiger charge is -2.00. The van der Waals surface area contributed by atoms with E-state index in [0.29, 0.717) is 5.39 Å². The molecule has 1 heterocycles. The first-order valence-electron chi connectivity index (χ1n) is 4.52. The Morgan fingerprint density at radius 3 is 2.75 bits per heavy atom. The van der Waals surface area contributed by atoms with Crippen LogP contribution in [-0.4, -0.2) is 11.0 Å². The average Bonchev–Trinajstić information content (AvgIpc) is 2.27. The minimum atomic E-state index is -0.699. The molecule has 82 valence electrons. The number of benzene rings is 1. The third kappa shape index (κ3) is 1.68. The van der Waals surface area contributed by atoms with Crippen molar-refractivity contribution in [1.29, 1.82) is 0 Å². The van der Waals surface area contributed by atoms with Crippen molar-refractivity contribution in [2.75, 3.05) is 0 Å². The van der Waals surface area contributed by atoms with Crippen LogP contribution in [0.3, 0.4) is 0 Å². The van der Waals surface area contributed by atoms with Gasteiger partial charge in [0.2, 0.25) is 0 Å². The van der Waals surface area contributed by atoms with Gasteiger partial charge in [0, 0.05) is 11.5 Å². The minimum Gasteiger partial charge on any atom is -0.422 e. The molecule has 1 aromatic heterocycles. The Hall–Kier alpha value is -2.14. The highest BCUT2D eigenvalue weighted by Gasteiger charge is 2.09. The highest BCUT2D eigenvalue weighted by molar-refractivity contribution is 5.96. The van der Waals surface area contributed by atoms with Crippen LogP contribution >= 0.6 is 0 Å². The number of hydrogen-bond donors (Lipinski definition) is 1. The van der Waals surface area contributed by atoms with Crippen molar-refractivity contribution in [2.45, 2.75) is 6.92 Å². The molecular weight excluding hydrogens is 212 g/mol. The zero-order valence-electron chi connectivity index (χ0n) is 8.39. The fourth-order valence-electron chi connectivity index (χ4n) is 1.39. The van der Waals surface area contributed by atoms with Crippen LogP contribution < -0.4 is 10.5 Å². The number of carbonyl (C=O) groups excluding carboxylic acids is 1. The van der Waals surface area contributed by atoms with E-state index in [0.717, 1.165) is 0 Å². The van der Waals surface area contributed by atoms with Crippen LogP contribution in [0.4, 0.5) is 0 Å². The maximum absolute atomic E-state index is 11.4. The maximum atomic E-state index is 11.4. The fourth-order valence-corrected chi connectivity index (χ4v) is 1.39. The first-order chi connectivity index (χ1) is 7.61. The summed E-state index contributed by atoms with van der Waals surface area (Å²) in [5.41, 5.74) is -0.443. The zero-order chi connectivity index (χ0) is 11.7. The predicted octanol–water partition coefficient (Wildman–Crippen LogP) is 1.85. The van der Waals surface area contributed by atoms with Gasteiger partial charge in [0.1, 0.15) is 11.1 Å². The molecule has 0 aliphatic heterocycles. The Bertz CT molecular complexity index is 611. The molecule has 5 nitrogen and oxygen atoms in total. The van der Waals surface area contributed by atoms with Crippen molar-refractivity contribution in [3.05, 3.63) is 40.2 Å². The summed E-state index contributed by atoms with van der Waals surface area (Å²) in [5, 5.41) is 9.02. The monoisotopic (exact) mass is 220 g/mol. The molecule has 2 aromatic rings. The molecule has 0 bridgehead atoms. The Morgan fingerprint density at radius 1 is 1.38 bits per heavy atom. The van der Waals surface area contributed by atoms with Crippen LogP contribution in [0.15, 0.2) is 33.5 Å². The van der Waals surface area contributed by atoms with E-state index in [-0.39, 0.29) is 22.7 Å². The Labute approximate surface area is 89.8 Å². The van der Waals surface area contributed by atoms with E-state index in [4.69, 9.17) is 9.67 Å². The minimum absolute atomic E-state index is 0.00478. The summed E-state index contributed by atoms with van der Waals surface area (Å²) in [6.07, 6.45) is 0. The molecule has 1 N–H and O–H groups in total. The van der Waals surface area contributed by atoms with Gasteiger partial charge in [-0.1, -0.05) is 0 Å². The molecule has 0 unspecified atom stereocenters. The van der Waals surface area contributed by atoms with E-state index in [2.05, 4.69) is 4.89 Å². The molecule has 0 saturated heterocycles. The molecule has 5 heteroatoms. The Kier molecular flexibility index (Phi) is 2.46. The smallest absolute Gasteiger partial charge is 0.347 e. The molecular formula is C11H8O5. The Morgan fingerprint density at radius 2 is 2.12 bits per heavy atom. The summed E-state index contributed by atoms with van der Waals surface area (Å²) in [6, 6.07) is 5.88. The van der Waals surface area contributed by atoms with Gasteiger partial charge in [-0.05, 0) is 25.1 Å². The molecule has 0 spiro atoms. The molecule has 0 aliphatic carbocycles. The summed E-state index contributed by atoms with van der Waals surface area (Å²) < 4.78 is 4.93. The quantitative estimate of drug-likeness (QED) is 0.361. The van der Waals surface area contributed by atoms with Gasteiger partial charge in [-0.3, -0.25) is 4.79 Å². The summed E-state index contributed by atoms with van der Waals surface area (Å²) >= 11 is 0. The SMILES string of the molecule is CC(=O)c1cc2ccc(OO)cc2oc1=O. The maximum Gasteiger partial charge on any atom is 0.347 e. The van der Waals surface area contributed by atoms with Crippen molar-refractivity contribution < 1.29 is 19.4 Å². The zero-order valence-corrected chi connectivity index (χ0v) is 8.39. The third-order valence-electron chi connectivity index (χ3n) is 2.19. The van der Waals surface area contributed by atoms with Crippen molar-refractivity contribution >= 4 is 16.8 Å². The lowest BCUT2D eigenvalue weighted by atomic mass is 10.1. The number of ketones is 1. The molecule has 0 aliphatic rings. The van der Waals surface area contributed by atoms with Gasteiger partial charge in [-0.15, -0.1) is 0 Å². The van der Waals surface area contributed by atoms with Crippen LogP contribution in [0.1, 0.15) is 17.3 Å². The molecule has 0 fully saturated rings. The van der Waals surface area contributed by atoms with Crippen molar-refractivity contribution in [1.82, 2.24) is 0 Å². The van der Waals surface area contributed by atoms with Gasteiger partial charge in [-0.2, -0.15) is 0 Å². The third-order valence-corrected chi connectivity index (χ3v) is 2.19. The molecule has 2 rings (SSSR count). The van der Waals surface area contributed by atoms with Crippen LogP contribution in [0.2, 0.25) is 0 Å². The lowest BCUT2D eigenvalue weighted by molar-refractivity contribution is -0.137. The number of Topliss-reactive ketones (excluding diaryl/α,β-unsaturated/α-hetero) is 1. The standard InChI is InChI=1S/C11H8O5/c1-6(12)9-4-7-2-3-8(16-14)5-10(7)15-11(9)13/h2-5,14H,1H3. The predicted molar refractivity (Wildman–Crippen MR) is 55.7 cm³/mol. The van der Waals surface area contributed by atoms with Crippen LogP contribution in [0.5, 0.6) is 5.75 Å². The van der Waals surface area contributed by atoms with E-state index < -0.39 is 5.63 Å². The van der Waals surface area contributed by atoms with Gasteiger partial charge in [0.15, 0.2) is 11.5 Å². The molecule has 16 heavy (non-hydrogen) atoms. The molecule has 0 radical (unpaired) electrons. The summed E-state index contributed by atoms with van der Waals surface area (Å²) in [4.78, 5) is 26.5. The lowest BCUT2D eigenvalue weighted by Crippen LogP contribution is -2.10. The van der Waals surface area contributed by atoms with Gasteiger partial charge in [0.05, 0.1) is 0 Å². The number of rotatable bonds is 2. The van der Waals surface area contributed by atoms with Crippen LogP contribution in [0.25, 0.3) is 11.0 Å². The van der Waals surface area contributed by atoms with Crippen molar-refractivity contribution in [3.63, 3.8) is 0 Å². The molecule has 0 amide bonds. The topological polar surface area (TPSA) is 76.7 Å². The van der Waals surface area contributed by atoms with Gasteiger partial charge < -0.3 is 9.30 Å². The normalized spacial score (nSPS) is 10.4. The van der Waals surface area contributed by atoms with E-state index in [1.165, 1.54) is 25.1 Å². The number of hydrogen-bond acceptors (Lipinski definition) is 5. The molecule has 1 aromatic carbocycles. The van der Waals surface area contributed by atoms with E-state index in [9.17, 15) is 9.59 Å². The largest absolute Gasteiger partial charge is 0.422 e. The second-order valence-corrected chi connectivity index (χ2v) is 3.29. The summed E-state index contributed by atoms with van der Waals surface area (Å²) in [7, 11) is 0.